The van der Waals surface area contributed by atoms with Crippen LogP contribution >= 0.6 is 0 Å². The van der Waals surface area contributed by atoms with Crippen LogP contribution in [0.25, 0.3) is 0 Å². The standard InChI is InChI=1S/C13H22N2O4/c1-2-10(8-13(18)19)14-11(16)9-15-7-5-3-4-6-12(15)17/h10H,2-9H2,1H3,(H,14,16)(H,18,19). The van der Waals surface area contributed by atoms with Crippen molar-refractivity contribution in [2.45, 2.75) is 51.5 Å². The van der Waals surface area contributed by atoms with E-state index in [1.807, 2.05) is 6.92 Å². The lowest BCUT2D eigenvalue weighted by atomic mass is 10.1. The van der Waals surface area contributed by atoms with Gasteiger partial charge < -0.3 is 15.3 Å². The van der Waals surface area contributed by atoms with Gasteiger partial charge >= 0.3 is 5.97 Å². The van der Waals surface area contributed by atoms with Gasteiger partial charge in [-0.3, -0.25) is 14.4 Å². The fourth-order valence-corrected chi connectivity index (χ4v) is 2.16. The Balaban J connectivity index is 2.44. The minimum atomic E-state index is -0.932. The number of carbonyl (C=O) groups is 3. The first kappa shape index (κ1) is 15.5. The van der Waals surface area contributed by atoms with Crippen molar-refractivity contribution in [3.8, 4) is 0 Å². The van der Waals surface area contributed by atoms with Crippen LogP contribution in [0.4, 0.5) is 0 Å². The molecule has 0 bridgehead atoms. The Morgan fingerprint density at radius 3 is 2.74 bits per heavy atom. The third-order valence-corrected chi connectivity index (χ3v) is 3.28. The molecule has 2 N–H and O–H groups in total. The number of carboxylic acids is 1. The smallest absolute Gasteiger partial charge is 0.305 e. The average molecular weight is 270 g/mol. The number of nitrogens with zero attached hydrogens (tertiary/aromatic N) is 1. The highest BCUT2D eigenvalue weighted by Crippen LogP contribution is 2.10. The SMILES string of the molecule is CCC(CC(=O)O)NC(=O)CN1CCCCCC1=O. The van der Waals surface area contributed by atoms with Gasteiger partial charge in [-0.05, 0) is 19.3 Å². The number of likely N-dealkylation sites (tertiary alicyclic amines) is 1. The Hall–Kier alpha value is -1.59. The summed E-state index contributed by atoms with van der Waals surface area (Å²) in [5, 5.41) is 11.4. The minimum absolute atomic E-state index is 0.0129. The molecule has 1 aliphatic heterocycles. The van der Waals surface area contributed by atoms with Crippen LogP contribution in [0.1, 0.15) is 45.4 Å². The largest absolute Gasteiger partial charge is 0.481 e. The van der Waals surface area contributed by atoms with Crippen molar-refractivity contribution in [1.29, 1.82) is 0 Å². The second kappa shape index (κ2) is 7.76. The molecule has 0 aromatic carbocycles. The van der Waals surface area contributed by atoms with Gasteiger partial charge in [-0.2, -0.15) is 0 Å². The van der Waals surface area contributed by atoms with Crippen LogP contribution in [0.2, 0.25) is 0 Å². The van der Waals surface area contributed by atoms with E-state index in [4.69, 9.17) is 5.11 Å². The van der Waals surface area contributed by atoms with Gasteiger partial charge in [0, 0.05) is 19.0 Å². The second-order valence-electron chi connectivity index (χ2n) is 4.90. The van der Waals surface area contributed by atoms with Crippen LogP contribution in [0.15, 0.2) is 0 Å². The molecule has 1 heterocycles. The average Bonchev–Trinajstić information content (AvgIpc) is 2.53. The molecule has 1 aliphatic rings. The minimum Gasteiger partial charge on any atom is -0.481 e. The monoisotopic (exact) mass is 270 g/mol. The molecule has 1 rings (SSSR count). The number of rotatable bonds is 6. The zero-order valence-electron chi connectivity index (χ0n) is 11.4. The quantitative estimate of drug-likeness (QED) is 0.746. The van der Waals surface area contributed by atoms with Crippen molar-refractivity contribution in [2.24, 2.45) is 0 Å². The third-order valence-electron chi connectivity index (χ3n) is 3.28. The maximum absolute atomic E-state index is 11.8. The van der Waals surface area contributed by atoms with Crippen LogP contribution in [0.5, 0.6) is 0 Å². The van der Waals surface area contributed by atoms with E-state index < -0.39 is 5.97 Å². The summed E-state index contributed by atoms with van der Waals surface area (Å²) < 4.78 is 0. The molecule has 0 spiro atoms. The van der Waals surface area contributed by atoms with E-state index in [2.05, 4.69) is 5.32 Å². The van der Waals surface area contributed by atoms with Crippen molar-refractivity contribution in [3.63, 3.8) is 0 Å². The molecule has 1 atom stereocenters. The second-order valence-corrected chi connectivity index (χ2v) is 4.90. The number of aliphatic carboxylic acids is 1. The number of carboxylic acid groups (broad SMARTS) is 1. The van der Waals surface area contributed by atoms with Crippen LogP contribution in [-0.2, 0) is 14.4 Å². The molecule has 2 amide bonds. The highest BCUT2D eigenvalue weighted by Gasteiger charge is 2.21. The van der Waals surface area contributed by atoms with Crippen molar-refractivity contribution in [1.82, 2.24) is 10.2 Å². The molecule has 0 radical (unpaired) electrons. The van der Waals surface area contributed by atoms with Gasteiger partial charge in [0.05, 0.1) is 13.0 Å². The summed E-state index contributed by atoms with van der Waals surface area (Å²) in [6, 6.07) is -0.368. The maximum Gasteiger partial charge on any atom is 0.305 e. The number of hydrogen-bond acceptors (Lipinski definition) is 3. The van der Waals surface area contributed by atoms with Crippen molar-refractivity contribution in [2.75, 3.05) is 13.1 Å². The molecule has 1 unspecified atom stereocenters. The van der Waals surface area contributed by atoms with Gasteiger partial charge in [-0.15, -0.1) is 0 Å². The van der Waals surface area contributed by atoms with Gasteiger partial charge in [0.1, 0.15) is 0 Å². The molecule has 0 aromatic heterocycles. The summed E-state index contributed by atoms with van der Waals surface area (Å²) in [7, 11) is 0. The van der Waals surface area contributed by atoms with Crippen molar-refractivity contribution >= 4 is 17.8 Å². The molecule has 1 fully saturated rings. The Bertz CT molecular complexity index is 344. The van der Waals surface area contributed by atoms with E-state index in [0.717, 1.165) is 19.3 Å². The Labute approximate surface area is 113 Å². The molecule has 1 saturated heterocycles. The molecule has 0 saturated carbocycles. The third kappa shape index (κ3) is 5.72. The highest BCUT2D eigenvalue weighted by molar-refractivity contribution is 5.85. The van der Waals surface area contributed by atoms with Crippen LogP contribution in [0, 0.1) is 0 Å². The van der Waals surface area contributed by atoms with Gasteiger partial charge in [0.15, 0.2) is 0 Å². The summed E-state index contributed by atoms with van der Waals surface area (Å²) in [4.78, 5) is 35.7. The predicted octanol–water partition coefficient (Wildman–Crippen LogP) is 0.758. The summed E-state index contributed by atoms with van der Waals surface area (Å²) in [6.07, 6.45) is 3.79. The lowest BCUT2D eigenvalue weighted by Gasteiger charge is -2.22. The lowest BCUT2D eigenvalue weighted by molar-refractivity contribution is -0.139. The summed E-state index contributed by atoms with van der Waals surface area (Å²) >= 11 is 0. The van der Waals surface area contributed by atoms with Crippen LogP contribution in [-0.4, -0.2) is 46.9 Å². The molecule has 0 aliphatic carbocycles. The fourth-order valence-electron chi connectivity index (χ4n) is 2.16. The van der Waals surface area contributed by atoms with Crippen LogP contribution < -0.4 is 5.32 Å². The maximum atomic E-state index is 11.8. The molecular formula is C13H22N2O4. The first-order valence-electron chi connectivity index (χ1n) is 6.81. The van der Waals surface area contributed by atoms with Gasteiger partial charge in [-0.25, -0.2) is 0 Å². The summed E-state index contributed by atoms with van der Waals surface area (Å²) in [6.45, 7) is 2.47. The van der Waals surface area contributed by atoms with E-state index in [-0.39, 0.29) is 30.8 Å². The lowest BCUT2D eigenvalue weighted by Crippen LogP contribution is -2.44. The Kier molecular flexibility index (Phi) is 6.32. The summed E-state index contributed by atoms with van der Waals surface area (Å²) in [5.74, 6) is -1.19. The highest BCUT2D eigenvalue weighted by atomic mass is 16.4. The molecule has 108 valence electrons. The number of nitrogens with one attached hydrogen (secondary N) is 1. The van der Waals surface area contributed by atoms with E-state index >= 15 is 0 Å². The normalized spacial score (nSPS) is 17.7. The van der Waals surface area contributed by atoms with Crippen molar-refractivity contribution < 1.29 is 19.5 Å². The zero-order chi connectivity index (χ0) is 14.3. The first-order valence-corrected chi connectivity index (χ1v) is 6.81. The predicted molar refractivity (Wildman–Crippen MR) is 69.5 cm³/mol. The van der Waals surface area contributed by atoms with E-state index in [9.17, 15) is 14.4 Å². The molecule has 6 heteroatoms. The molecule has 0 aromatic rings. The zero-order valence-corrected chi connectivity index (χ0v) is 11.4. The topological polar surface area (TPSA) is 86.7 Å². The van der Waals surface area contributed by atoms with E-state index in [1.54, 1.807) is 4.90 Å². The molecule has 6 nitrogen and oxygen atoms in total. The fraction of sp³-hybridized carbons (Fsp3) is 0.769. The molecular weight excluding hydrogens is 248 g/mol. The number of amides is 2. The molecule has 19 heavy (non-hydrogen) atoms. The summed E-state index contributed by atoms with van der Waals surface area (Å²) in [5.41, 5.74) is 0. The van der Waals surface area contributed by atoms with Gasteiger partial charge in [0.2, 0.25) is 11.8 Å². The Morgan fingerprint density at radius 2 is 2.11 bits per heavy atom. The van der Waals surface area contributed by atoms with E-state index in [1.165, 1.54) is 0 Å². The first-order chi connectivity index (χ1) is 9.02. The van der Waals surface area contributed by atoms with Crippen molar-refractivity contribution in [3.05, 3.63) is 0 Å². The number of carbonyl (C=O) groups excluding carboxylic acids is 2. The van der Waals surface area contributed by atoms with E-state index in [0.29, 0.717) is 19.4 Å². The van der Waals surface area contributed by atoms with Crippen LogP contribution in [0.3, 0.4) is 0 Å². The number of hydrogen-bond donors (Lipinski definition) is 2. The van der Waals surface area contributed by atoms with Gasteiger partial charge in [-0.1, -0.05) is 13.3 Å². The Morgan fingerprint density at radius 1 is 1.37 bits per heavy atom. The van der Waals surface area contributed by atoms with Gasteiger partial charge in [0.25, 0.3) is 0 Å².